The van der Waals surface area contributed by atoms with E-state index in [1.165, 1.54) is 12.1 Å². The van der Waals surface area contributed by atoms with Crippen LogP contribution in [0.4, 0.5) is 4.39 Å². The highest BCUT2D eigenvalue weighted by molar-refractivity contribution is 7.71. The number of halogens is 1. The maximum absolute atomic E-state index is 13.2. The van der Waals surface area contributed by atoms with E-state index in [1.807, 2.05) is 0 Å². The average molecular weight is 252 g/mol. The van der Waals surface area contributed by atoms with Crippen LogP contribution in [0.1, 0.15) is 33.6 Å². The molecule has 0 spiro atoms. The lowest BCUT2D eigenvalue weighted by Gasteiger charge is -2.27. The first-order valence-corrected chi connectivity index (χ1v) is 6.27. The summed E-state index contributed by atoms with van der Waals surface area (Å²) in [6.07, 6.45) is 2.12. The minimum absolute atomic E-state index is 0.0537. The second kappa shape index (κ2) is 4.26. The van der Waals surface area contributed by atoms with Gasteiger partial charge in [0.15, 0.2) is 4.77 Å². The van der Waals surface area contributed by atoms with Gasteiger partial charge >= 0.3 is 0 Å². The monoisotopic (exact) mass is 252 g/mol. The highest BCUT2D eigenvalue weighted by atomic mass is 32.1. The fourth-order valence-corrected chi connectivity index (χ4v) is 2.86. The SMILES string of the molecule is CCCC(C)(C)n1c(=S)[nH]c2cc(F)ccc21. The fourth-order valence-electron chi connectivity index (χ4n) is 2.41. The summed E-state index contributed by atoms with van der Waals surface area (Å²) in [5, 5.41) is 0. The molecule has 1 heterocycles. The van der Waals surface area contributed by atoms with E-state index in [4.69, 9.17) is 12.2 Å². The highest BCUT2D eigenvalue weighted by Gasteiger charge is 2.22. The number of aromatic amines is 1. The lowest BCUT2D eigenvalue weighted by atomic mass is 9.98. The van der Waals surface area contributed by atoms with Gasteiger partial charge in [0, 0.05) is 5.54 Å². The van der Waals surface area contributed by atoms with Crippen molar-refractivity contribution in [3.8, 4) is 0 Å². The molecule has 2 rings (SSSR count). The van der Waals surface area contributed by atoms with Crippen LogP contribution < -0.4 is 0 Å². The third kappa shape index (κ3) is 2.14. The molecule has 2 nitrogen and oxygen atoms in total. The molecule has 0 saturated heterocycles. The molecule has 0 aliphatic carbocycles. The smallest absolute Gasteiger partial charge is 0.178 e. The van der Waals surface area contributed by atoms with Crippen LogP contribution in [0, 0.1) is 10.6 Å². The summed E-state index contributed by atoms with van der Waals surface area (Å²) in [7, 11) is 0. The minimum Gasteiger partial charge on any atom is -0.330 e. The van der Waals surface area contributed by atoms with Crippen LogP contribution in [0.25, 0.3) is 11.0 Å². The molecule has 0 aliphatic heterocycles. The molecular weight excluding hydrogens is 235 g/mol. The molecule has 0 fully saturated rings. The van der Waals surface area contributed by atoms with Gasteiger partial charge in [-0.25, -0.2) is 4.39 Å². The first-order chi connectivity index (χ1) is 7.95. The van der Waals surface area contributed by atoms with Crippen molar-refractivity contribution in [3.05, 3.63) is 28.8 Å². The molecule has 0 unspecified atom stereocenters. The molecule has 17 heavy (non-hydrogen) atoms. The third-order valence-corrected chi connectivity index (χ3v) is 3.40. The van der Waals surface area contributed by atoms with Gasteiger partial charge in [-0.15, -0.1) is 0 Å². The van der Waals surface area contributed by atoms with E-state index in [0.29, 0.717) is 4.77 Å². The molecule has 4 heteroatoms. The molecule has 2 aromatic rings. The number of imidazole rings is 1. The number of aromatic nitrogens is 2. The summed E-state index contributed by atoms with van der Waals surface area (Å²) in [6, 6.07) is 4.75. The van der Waals surface area contributed by atoms with E-state index in [1.54, 1.807) is 6.07 Å². The van der Waals surface area contributed by atoms with E-state index in [2.05, 4.69) is 30.3 Å². The molecule has 0 aliphatic rings. The standard InChI is InChI=1S/C13H17FN2S/c1-4-7-13(2,3)16-11-6-5-9(14)8-10(11)15-12(16)17/h5-6,8H,4,7H2,1-3H3,(H,15,17). The van der Waals surface area contributed by atoms with Crippen molar-refractivity contribution in [2.45, 2.75) is 39.2 Å². The number of nitrogens with one attached hydrogen (secondary N) is 1. The Morgan fingerprint density at radius 3 is 2.76 bits per heavy atom. The molecule has 0 amide bonds. The van der Waals surface area contributed by atoms with Crippen LogP contribution in [-0.2, 0) is 5.54 Å². The van der Waals surface area contributed by atoms with Crippen LogP contribution >= 0.6 is 12.2 Å². The zero-order valence-corrected chi connectivity index (χ0v) is 11.2. The van der Waals surface area contributed by atoms with E-state index in [-0.39, 0.29) is 11.4 Å². The van der Waals surface area contributed by atoms with Crippen LogP contribution in [0.2, 0.25) is 0 Å². The van der Waals surface area contributed by atoms with Gasteiger partial charge in [0.1, 0.15) is 5.82 Å². The van der Waals surface area contributed by atoms with Crippen LogP contribution in [0.15, 0.2) is 18.2 Å². The first kappa shape index (κ1) is 12.3. The minimum atomic E-state index is -0.241. The number of rotatable bonds is 3. The number of hydrogen-bond acceptors (Lipinski definition) is 1. The third-order valence-electron chi connectivity index (χ3n) is 3.11. The molecule has 1 aromatic heterocycles. The Labute approximate surface area is 105 Å². The fraction of sp³-hybridized carbons (Fsp3) is 0.462. The van der Waals surface area contributed by atoms with E-state index in [0.717, 1.165) is 23.9 Å². The molecule has 1 N–H and O–H groups in total. The molecule has 0 radical (unpaired) electrons. The Morgan fingerprint density at radius 1 is 1.41 bits per heavy atom. The van der Waals surface area contributed by atoms with Crippen molar-refractivity contribution < 1.29 is 4.39 Å². The van der Waals surface area contributed by atoms with Crippen molar-refractivity contribution in [2.75, 3.05) is 0 Å². The Hall–Kier alpha value is -1.16. The van der Waals surface area contributed by atoms with Crippen LogP contribution in [0.5, 0.6) is 0 Å². The summed E-state index contributed by atoms with van der Waals surface area (Å²) >= 11 is 5.34. The van der Waals surface area contributed by atoms with E-state index >= 15 is 0 Å². The first-order valence-electron chi connectivity index (χ1n) is 5.86. The lowest BCUT2D eigenvalue weighted by molar-refractivity contribution is 0.330. The Kier molecular flexibility index (Phi) is 3.08. The Morgan fingerprint density at radius 2 is 2.12 bits per heavy atom. The highest BCUT2D eigenvalue weighted by Crippen LogP contribution is 2.27. The van der Waals surface area contributed by atoms with Crippen molar-refractivity contribution >= 4 is 23.3 Å². The van der Waals surface area contributed by atoms with Gasteiger partial charge in [-0.2, -0.15) is 0 Å². The number of benzene rings is 1. The molecule has 1 aromatic carbocycles. The summed E-state index contributed by atoms with van der Waals surface area (Å²) in [5.41, 5.74) is 1.68. The Bertz CT molecular complexity index is 595. The largest absolute Gasteiger partial charge is 0.330 e. The molecule has 0 bridgehead atoms. The van der Waals surface area contributed by atoms with E-state index in [9.17, 15) is 4.39 Å². The maximum atomic E-state index is 13.2. The average Bonchev–Trinajstić information content (AvgIpc) is 2.53. The zero-order chi connectivity index (χ0) is 12.6. The summed E-state index contributed by atoms with van der Waals surface area (Å²) < 4.78 is 15.9. The topological polar surface area (TPSA) is 20.7 Å². The number of hydrogen-bond donors (Lipinski definition) is 1. The number of H-pyrrole nitrogens is 1. The van der Waals surface area contributed by atoms with Crippen molar-refractivity contribution in [3.63, 3.8) is 0 Å². The van der Waals surface area contributed by atoms with Gasteiger partial charge in [0.2, 0.25) is 0 Å². The summed E-state index contributed by atoms with van der Waals surface area (Å²) in [5.74, 6) is -0.241. The second-order valence-corrected chi connectivity index (χ2v) is 5.38. The number of fused-ring (bicyclic) bond motifs is 1. The molecule has 92 valence electrons. The van der Waals surface area contributed by atoms with Crippen molar-refractivity contribution in [1.82, 2.24) is 9.55 Å². The molecule has 0 saturated carbocycles. The predicted molar refractivity (Wildman–Crippen MR) is 71.3 cm³/mol. The van der Waals surface area contributed by atoms with Gasteiger partial charge in [0.25, 0.3) is 0 Å². The van der Waals surface area contributed by atoms with Gasteiger partial charge < -0.3 is 9.55 Å². The maximum Gasteiger partial charge on any atom is 0.178 e. The quantitative estimate of drug-likeness (QED) is 0.804. The van der Waals surface area contributed by atoms with Crippen LogP contribution in [-0.4, -0.2) is 9.55 Å². The van der Waals surface area contributed by atoms with Gasteiger partial charge in [-0.1, -0.05) is 13.3 Å². The lowest BCUT2D eigenvalue weighted by Crippen LogP contribution is -2.25. The Balaban J connectivity index is 2.69. The molecular formula is C13H17FN2S. The van der Waals surface area contributed by atoms with Gasteiger partial charge in [-0.3, -0.25) is 0 Å². The predicted octanol–water partition coefficient (Wildman–Crippen LogP) is 4.37. The van der Waals surface area contributed by atoms with Crippen molar-refractivity contribution in [1.29, 1.82) is 0 Å². The van der Waals surface area contributed by atoms with Gasteiger partial charge in [-0.05, 0) is 50.7 Å². The zero-order valence-electron chi connectivity index (χ0n) is 10.4. The second-order valence-electron chi connectivity index (χ2n) is 4.99. The summed E-state index contributed by atoms with van der Waals surface area (Å²) in [6.45, 7) is 6.46. The number of nitrogens with zero attached hydrogens (tertiary/aromatic N) is 1. The van der Waals surface area contributed by atoms with E-state index < -0.39 is 0 Å². The van der Waals surface area contributed by atoms with Crippen molar-refractivity contribution in [2.24, 2.45) is 0 Å². The molecule has 0 atom stereocenters. The van der Waals surface area contributed by atoms with Crippen LogP contribution in [0.3, 0.4) is 0 Å². The summed E-state index contributed by atoms with van der Waals surface area (Å²) in [4.78, 5) is 3.07. The van der Waals surface area contributed by atoms with Gasteiger partial charge in [0.05, 0.1) is 11.0 Å². The normalized spacial score (nSPS) is 12.2.